The van der Waals surface area contributed by atoms with Gasteiger partial charge >= 0.3 is 0 Å². The van der Waals surface area contributed by atoms with Gasteiger partial charge in [0, 0.05) is 39.3 Å². The van der Waals surface area contributed by atoms with Gasteiger partial charge in [0.1, 0.15) is 0 Å². The number of benzene rings is 1. The summed E-state index contributed by atoms with van der Waals surface area (Å²) in [5.74, 6) is 5.65. The molecule has 0 aromatic heterocycles. The Hall–Kier alpha value is -1.39. The van der Waals surface area contributed by atoms with Gasteiger partial charge < -0.3 is 9.84 Å². The summed E-state index contributed by atoms with van der Waals surface area (Å²) in [5.41, 5.74) is 0.726. The molecule has 0 radical (unpaired) electrons. The Morgan fingerprint density at radius 1 is 1.29 bits per heavy atom. The maximum atomic E-state index is 12.3. The SMILES string of the molecule is COCCCN(C)S(=O)(=O)c1ccc(C#CCCO)cc1. The fourth-order valence-corrected chi connectivity index (χ4v) is 2.87. The van der Waals surface area contributed by atoms with Crippen molar-refractivity contribution in [1.29, 1.82) is 0 Å². The van der Waals surface area contributed by atoms with Crippen LogP contribution in [0.15, 0.2) is 29.2 Å². The van der Waals surface area contributed by atoms with Gasteiger partial charge in [-0.2, -0.15) is 0 Å². The molecule has 0 amide bonds. The Morgan fingerprint density at radius 3 is 2.52 bits per heavy atom. The zero-order chi connectivity index (χ0) is 15.7. The Kier molecular flexibility index (Phi) is 7.40. The summed E-state index contributed by atoms with van der Waals surface area (Å²) in [6, 6.07) is 6.43. The van der Waals surface area contributed by atoms with Gasteiger partial charge in [-0.1, -0.05) is 11.8 Å². The summed E-state index contributed by atoms with van der Waals surface area (Å²) < 4.78 is 30.9. The summed E-state index contributed by atoms with van der Waals surface area (Å²) in [6.07, 6.45) is 1.05. The van der Waals surface area contributed by atoms with E-state index in [1.807, 2.05) is 0 Å². The number of methoxy groups -OCH3 is 1. The minimum absolute atomic E-state index is 0.0196. The third-order valence-electron chi connectivity index (χ3n) is 2.85. The molecule has 6 heteroatoms. The van der Waals surface area contributed by atoms with Crippen LogP contribution < -0.4 is 0 Å². The molecule has 21 heavy (non-hydrogen) atoms. The topological polar surface area (TPSA) is 66.8 Å². The maximum absolute atomic E-state index is 12.3. The number of aliphatic hydroxyl groups excluding tert-OH is 1. The van der Waals surface area contributed by atoms with E-state index in [2.05, 4.69) is 11.8 Å². The van der Waals surface area contributed by atoms with Crippen LogP contribution in [0, 0.1) is 11.8 Å². The molecule has 0 aliphatic carbocycles. The van der Waals surface area contributed by atoms with E-state index in [0.717, 1.165) is 5.56 Å². The first kappa shape index (κ1) is 17.7. The van der Waals surface area contributed by atoms with Gasteiger partial charge in [0.15, 0.2) is 0 Å². The second-order valence-corrected chi connectivity index (χ2v) is 6.52. The van der Waals surface area contributed by atoms with Crippen molar-refractivity contribution in [2.75, 3.05) is 33.9 Å². The lowest BCUT2D eigenvalue weighted by Crippen LogP contribution is -2.28. The van der Waals surface area contributed by atoms with Crippen LogP contribution in [0.2, 0.25) is 0 Å². The number of aliphatic hydroxyl groups is 1. The monoisotopic (exact) mass is 311 g/mol. The fraction of sp³-hybridized carbons (Fsp3) is 0.467. The molecule has 5 nitrogen and oxygen atoms in total. The predicted molar refractivity (Wildman–Crippen MR) is 81.3 cm³/mol. The van der Waals surface area contributed by atoms with E-state index < -0.39 is 10.0 Å². The van der Waals surface area contributed by atoms with Crippen molar-refractivity contribution in [2.24, 2.45) is 0 Å². The van der Waals surface area contributed by atoms with Crippen LogP contribution in [-0.4, -0.2) is 51.7 Å². The number of sulfonamides is 1. The molecule has 1 rings (SSSR count). The van der Waals surface area contributed by atoms with Crippen molar-refractivity contribution in [2.45, 2.75) is 17.7 Å². The lowest BCUT2D eigenvalue weighted by molar-refractivity contribution is 0.189. The van der Waals surface area contributed by atoms with E-state index in [4.69, 9.17) is 9.84 Å². The average molecular weight is 311 g/mol. The number of hydrogen-bond donors (Lipinski definition) is 1. The Balaban J connectivity index is 2.78. The average Bonchev–Trinajstić information content (AvgIpc) is 2.48. The highest BCUT2D eigenvalue weighted by Crippen LogP contribution is 2.15. The first-order chi connectivity index (χ1) is 10.0. The van der Waals surface area contributed by atoms with E-state index in [9.17, 15) is 8.42 Å². The minimum Gasteiger partial charge on any atom is -0.395 e. The lowest BCUT2D eigenvalue weighted by Gasteiger charge is -2.16. The molecule has 0 aliphatic heterocycles. The number of ether oxygens (including phenoxy) is 1. The normalized spacial score (nSPS) is 11.2. The second kappa shape index (κ2) is 8.80. The molecule has 0 bridgehead atoms. The van der Waals surface area contributed by atoms with Gasteiger partial charge in [0.25, 0.3) is 0 Å². The van der Waals surface area contributed by atoms with E-state index in [-0.39, 0.29) is 11.5 Å². The maximum Gasteiger partial charge on any atom is 0.242 e. The molecule has 0 atom stereocenters. The summed E-state index contributed by atoms with van der Waals surface area (Å²) in [6.45, 7) is 0.958. The zero-order valence-corrected chi connectivity index (χ0v) is 13.2. The third kappa shape index (κ3) is 5.48. The summed E-state index contributed by atoms with van der Waals surface area (Å²) in [7, 11) is -0.328. The van der Waals surface area contributed by atoms with Crippen LogP contribution in [0.25, 0.3) is 0 Å². The number of rotatable bonds is 7. The standard InChI is InChI=1S/C15H21NO4S/c1-16(11-5-13-20-2)21(18,19)15-9-7-14(8-10-15)6-3-4-12-17/h7-10,17H,4-5,11-13H2,1-2H3. The smallest absolute Gasteiger partial charge is 0.242 e. The molecule has 116 valence electrons. The van der Waals surface area contributed by atoms with Gasteiger partial charge in [-0.05, 0) is 30.7 Å². The predicted octanol–water partition coefficient (Wildman–Crippen LogP) is 1.08. The Morgan fingerprint density at radius 2 is 1.95 bits per heavy atom. The largest absolute Gasteiger partial charge is 0.395 e. The van der Waals surface area contributed by atoms with Crippen LogP contribution >= 0.6 is 0 Å². The van der Waals surface area contributed by atoms with Crippen LogP contribution in [0.3, 0.4) is 0 Å². The van der Waals surface area contributed by atoms with E-state index in [0.29, 0.717) is 26.0 Å². The molecule has 0 saturated carbocycles. The van der Waals surface area contributed by atoms with Gasteiger partial charge in [-0.15, -0.1) is 0 Å². The quantitative estimate of drug-likeness (QED) is 0.604. The summed E-state index contributed by atoms with van der Waals surface area (Å²) >= 11 is 0. The molecule has 0 unspecified atom stereocenters. The number of nitrogens with zero attached hydrogens (tertiary/aromatic N) is 1. The molecule has 1 aromatic rings. The van der Waals surface area contributed by atoms with Crippen LogP contribution in [0.1, 0.15) is 18.4 Å². The highest BCUT2D eigenvalue weighted by Gasteiger charge is 2.19. The minimum atomic E-state index is -3.47. The Bertz CT molecular complexity index is 584. The second-order valence-electron chi connectivity index (χ2n) is 4.47. The van der Waals surface area contributed by atoms with Gasteiger partial charge in [0.2, 0.25) is 10.0 Å². The summed E-state index contributed by atoms with van der Waals surface area (Å²) in [4.78, 5) is 0.245. The van der Waals surface area contributed by atoms with Crippen LogP contribution in [0.5, 0.6) is 0 Å². The van der Waals surface area contributed by atoms with Crippen molar-refractivity contribution >= 4 is 10.0 Å². The van der Waals surface area contributed by atoms with E-state index in [1.165, 1.54) is 4.31 Å². The number of hydrogen-bond acceptors (Lipinski definition) is 4. The first-order valence-electron chi connectivity index (χ1n) is 6.67. The molecule has 1 aromatic carbocycles. The zero-order valence-electron chi connectivity index (χ0n) is 12.4. The lowest BCUT2D eigenvalue weighted by atomic mass is 10.2. The third-order valence-corrected chi connectivity index (χ3v) is 4.72. The van der Waals surface area contributed by atoms with Crippen LogP contribution in [0.4, 0.5) is 0 Å². The molecule has 0 saturated heterocycles. The molecule has 0 aliphatic rings. The molecule has 0 heterocycles. The molecular formula is C15H21NO4S. The van der Waals surface area contributed by atoms with Crippen molar-refractivity contribution in [3.63, 3.8) is 0 Å². The van der Waals surface area contributed by atoms with Crippen molar-refractivity contribution in [1.82, 2.24) is 4.31 Å². The highest BCUT2D eigenvalue weighted by atomic mass is 32.2. The van der Waals surface area contributed by atoms with E-state index >= 15 is 0 Å². The fourth-order valence-electron chi connectivity index (χ4n) is 1.66. The molecular weight excluding hydrogens is 290 g/mol. The van der Waals surface area contributed by atoms with Gasteiger partial charge in [-0.3, -0.25) is 0 Å². The van der Waals surface area contributed by atoms with Crippen molar-refractivity contribution in [3.05, 3.63) is 29.8 Å². The molecule has 1 N–H and O–H groups in total. The molecule has 0 spiro atoms. The van der Waals surface area contributed by atoms with Gasteiger partial charge in [0.05, 0.1) is 11.5 Å². The van der Waals surface area contributed by atoms with Crippen molar-refractivity contribution < 1.29 is 18.3 Å². The Labute approximate surface area is 126 Å². The van der Waals surface area contributed by atoms with Crippen LogP contribution in [-0.2, 0) is 14.8 Å². The van der Waals surface area contributed by atoms with Crippen molar-refractivity contribution in [3.8, 4) is 11.8 Å². The first-order valence-corrected chi connectivity index (χ1v) is 8.11. The van der Waals surface area contributed by atoms with Gasteiger partial charge in [-0.25, -0.2) is 12.7 Å². The molecule has 0 fully saturated rings. The highest BCUT2D eigenvalue weighted by molar-refractivity contribution is 7.89. The van der Waals surface area contributed by atoms with E-state index in [1.54, 1.807) is 38.4 Å². The summed E-state index contributed by atoms with van der Waals surface area (Å²) in [5, 5.41) is 8.65.